The third-order valence-electron chi connectivity index (χ3n) is 8.43. The number of amides is 2. The van der Waals surface area contributed by atoms with Crippen LogP contribution in [-0.2, 0) is 41.4 Å². The van der Waals surface area contributed by atoms with E-state index in [1.54, 1.807) is 0 Å². The van der Waals surface area contributed by atoms with Gasteiger partial charge in [-0.3, -0.25) is 9.59 Å². The van der Waals surface area contributed by atoms with Crippen LogP contribution >= 0.6 is 0 Å². The molecule has 2 N–H and O–H groups in total. The zero-order chi connectivity index (χ0) is 34.7. The summed E-state index contributed by atoms with van der Waals surface area (Å²) in [6, 6.07) is 19.9. The van der Waals surface area contributed by atoms with Crippen molar-refractivity contribution in [3.63, 3.8) is 0 Å². The number of alkyl carbamates (subject to hydrolysis) is 2. The fourth-order valence-corrected chi connectivity index (χ4v) is 6.74. The Morgan fingerprint density at radius 2 is 1.21 bits per heavy atom. The quantitative estimate of drug-likeness (QED) is 0.0953. The number of aryl methyl sites for hydroxylation is 1. The summed E-state index contributed by atoms with van der Waals surface area (Å²) >= 11 is 0. The maximum atomic E-state index is 12.6. The van der Waals surface area contributed by atoms with Gasteiger partial charge in [0.2, 0.25) is 0 Å². The van der Waals surface area contributed by atoms with E-state index < -0.39 is 12.2 Å². The number of carbonyl (C=O) groups excluding carboxylic acids is 4. The highest BCUT2D eigenvalue weighted by molar-refractivity contribution is 5.70. The first-order chi connectivity index (χ1) is 23.0. The predicted octanol–water partition coefficient (Wildman–Crippen LogP) is 6.79. The molecular formula is C38H54N2O8. The van der Waals surface area contributed by atoms with Crippen molar-refractivity contribution in [3.8, 4) is 0 Å². The standard InChI is InChI=1S/C38H54N2O8/c1-37(2)26-32(25-34(42)46-22-11-21-45-33(41)18-10-17-30-13-6-4-7-14-30)27-38(3,28-37)29-40-36(44)48-24-12-23-47-35(43)39-20-19-31-15-8-5-9-16-31/h4-9,13-16,32H,10-12,17-29H2,1-3H3,(H,39,43)(H,40,44). The molecular weight excluding hydrogens is 612 g/mol. The van der Waals surface area contributed by atoms with E-state index in [4.69, 9.17) is 18.9 Å². The zero-order valence-electron chi connectivity index (χ0n) is 28.9. The molecule has 2 aromatic rings. The molecule has 10 heteroatoms. The molecule has 2 amide bonds. The number of esters is 2. The van der Waals surface area contributed by atoms with Crippen molar-refractivity contribution in [2.24, 2.45) is 16.7 Å². The minimum Gasteiger partial charge on any atom is -0.466 e. The molecule has 1 aliphatic carbocycles. The van der Waals surface area contributed by atoms with Crippen molar-refractivity contribution in [1.29, 1.82) is 0 Å². The van der Waals surface area contributed by atoms with Crippen molar-refractivity contribution in [2.75, 3.05) is 39.5 Å². The van der Waals surface area contributed by atoms with Gasteiger partial charge in [0.25, 0.3) is 0 Å². The van der Waals surface area contributed by atoms with Crippen molar-refractivity contribution >= 4 is 24.1 Å². The van der Waals surface area contributed by atoms with Gasteiger partial charge in [-0.1, -0.05) is 81.4 Å². The number of benzene rings is 2. The van der Waals surface area contributed by atoms with Gasteiger partial charge in [0.05, 0.1) is 26.4 Å². The van der Waals surface area contributed by atoms with E-state index in [1.165, 1.54) is 5.56 Å². The van der Waals surface area contributed by atoms with Crippen LogP contribution in [0.15, 0.2) is 60.7 Å². The predicted molar refractivity (Wildman–Crippen MR) is 183 cm³/mol. The average molecular weight is 667 g/mol. The smallest absolute Gasteiger partial charge is 0.407 e. The molecule has 0 aromatic heterocycles. The number of hydrogen-bond acceptors (Lipinski definition) is 8. The van der Waals surface area contributed by atoms with Crippen LogP contribution in [0, 0.1) is 16.7 Å². The highest BCUT2D eigenvalue weighted by Gasteiger charge is 2.42. The molecule has 0 radical (unpaired) electrons. The summed E-state index contributed by atoms with van der Waals surface area (Å²) in [5.41, 5.74) is 2.12. The van der Waals surface area contributed by atoms with Crippen LogP contribution in [-0.4, -0.2) is 63.6 Å². The Balaban J connectivity index is 1.23. The van der Waals surface area contributed by atoms with E-state index in [2.05, 4.69) is 31.4 Å². The summed E-state index contributed by atoms with van der Waals surface area (Å²) in [7, 11) is 0. The summed E-state index contributed by atoms with van der Waals surface area (Å²) < 4.78 is 21.2. The molecule has 1 fully saturated rings. The van der Waals surface area contributed by atoms with Crippen LogP contribution < -0.4 is 10.6 Å². The van der Waals surface area contributed by atoms with Gasteiger partial charge in [-0.2, -0.15) is 0 Å². The molecule has 48 heavy (non-hydrogen) atoms. The minimum absolute atomic E-state index is 0.00273. The molecule has 1 saturated carbocycles. The highest BCUT2D eigenvalue weighted by atomic mass is 16.6. The molecule has 1 aliphatic rings. The first kappa shape index (κ1) is 38.4. The molecule has 0 heterocycles. The van der Waals surface area contributed by atoms with Gasteiger partial charge < -0.3 is 29.6 Å². The van der Waals surface area contributed by atoms with E-state index in [0.717, 1.165) is 44.1 Å². The molecule has 264 valence electrons. The Bertz CT molecular complexity index is 1270. The van der Waals surface area contributed by atoms with Crippen molar-refractivity contribution in [3.05, 3.63) is 71.8 Å². The molecule has 2 atom stereocenters. The fourth-order valence-electron chi connectivity index (χ4n) is 6.74. The van der Waals surface area contributed by atoms with Gasteiger partial charge >= 0.3 is 24.1 Å². The Morgan fingerprint density at radius 1 is 0.667 bits per heavy atom. The third kappa shape index (κ3) is 16.2. The van der Waals surface area contributed by atoms with Crippen LogP contribution in [0.2, 0.25) is 0 Å². The Hall–Kier alpha value is -4.08. The van der Waals surface area contributed by atoms with Gasteiger partial charge in [0.15, 0.2) is 0 Å². The van der Waals surface area contributed by atoms with Crippen LogP contribution in [0.5, 0.6) is 0 Å². The largest absolute Gasteiger partial charge is 0.466 e. The SMILES string of the molecule is CC1(C)CC(CC(=O)OCCCOC(=O)CCCc2ccccc2)CC(C)(CNC(=O)OCCCOC(=O)NCCc2ccccc2)C1. The third-order valence-corrected chi connectivity index (χ3v) is 8.43. The van der Waals surface area contributed by atoms with Gasteiger partial charge in [-0.15, -0.1) is 0 Å². The lowest BCUT2D eigenvalue weighted by Crippen LogP contribution is -2.44. The van der Waals surface area contributed by atoms with E-state index in [1.807, 2.05) is 60.7 Å². The average Bonchev–Trinajstić information content (AvgIpc) is 3.03. The van der Waals surface area contributed by atoms with Crippen molar-refractivity contribution < 1.29 is 38.1 Å². The van der Waals surface area contributed by atoms with Crippen LogP contribution in [0.3, 0.4) is 0 Å². The Morgan fingerprint density at radius 3 is 1.83 bits per heavy atom. The molecule has 2 aromatic carbocycles. The second kappa shape index (κ2) is 20.3. The van der Waals surface area contributed by atoms with Crippen molar-refractivity contribution in [1.82, 2.24) is 10.6 Å². The first-order valence-corrected chi connectivity index (χ1v) is 17.2. The van der Waals surface area contributed by atoms with Gasteiger partial charge in [-0.25, -0.2) is 9.59 Å². The van der Waals surface area contributed by atoms with E-state index in [-0.39, 0.29) is 55.1 Å². The summed E-state index contributed by atoms with van der Waals surface area (Å²) in [6.45, 7) is 8.13. The number of nitrogens with one attached hydrogen (secondary N) is 2. The topological polar surface area (TPSA) is 129 Å². The monoisotopic (exact) mass is 666 g/mol. The number of hydrogen-bond donors (Lipinski definition) is 2. The number of rotatable bonds is 19. The number of ether oxygens (including phenoxy) is 4. The lowest BCUT2D eigenvalue weighted by molar-refractivity contribution is -0.147. The molecule has 0 aliphatic heterocycles. The Labute approximate surface area is 285 Å². The fraction of sp³-hybridized carbons (Fsp3) is 0.579. The zero-order valence-corrected chi connectivity index (χ0v) is 28.9. The molecule has 0 spiro atoms. The normalized spacial score (nSPS) is 18.3. The van der Waals surface area contributed by atoms with Crippen LogP contribution in [0.1, 0.15) is 83.3 Å². The Kier molecular flexibility index (Phi) is 16.2. The first-order valence-electron chi connectivity index (χ1n) is 17.2. The lowest BCUT2D eigenvalue weighted by atomic mass is 9.60. The number of carbonyl (C=O) groups is 4. The summed E-state index contributed by atoms with van der Waals surface area (Å²) in [6.07, 6.45) is 5.38. The molecule has 2 unspecified atom stereocenters. The summed E-state index contributed by atoms with van der Waals surface area (Å²) in [5.74, 6) is -0.363. The van der Waals surface area contributed by atoms with Gasteiger partial charge in [0, 0.05) is 38.8 Å². The second-order valence-electron chi connectivity index (χ2n) is 13.9. The van der Waals surface area contributed by atoms with Crippen LogP contribution in [0.4, 0.5) is 9.59 Å². The summed E-state index contributed by atoms with van der Waals surface area (Å²) in [5, 5.41) is 5.60. The highest BCUT2D eigenvalue weighted by Crippen LogP contribution is 2.49. The van der Waals surface area contributed by atoms with Crippen molar-refractivity contribution in [2.45, 2.75) is 85.0 Å². The second-order valence-corrected chi connectivity index (χ2v) is 13.9. The van der Waals surface area contributed by atoms with E-state index >= 15 is 0 Å². The molecule has 3 rings (SSSR count). The van der Waals surface area contributed by atoms with E-state index in [9.17, 15) is 19.2 Å². The minimum atomic E-state index is -0.514. The molecule has 0 saturated heterocycles. The maximum absolute atomic E-state index is 12.6. The molecule has 10 nitrogen and oxygen atoms in total. The van der Waals surface area contributed by atoms with E-state index in [0.29, 0.717) is 38.8 Å². The van der Waals surface area contributed by atoms with Gasteiger partial charge in [0.1, 0.15) is 0 Å². The molecule has 0 bridgehead atoms. The summed E-state index contributed by atoms with van der Waals surface area (Å²) in [4.78, 5) is 48.9. The maximum Gasteiger partial charge on any atom is 0.407 e. The van der Waals surface area contributed by atoms with Crippen LogP contribution in [0.25, 0.3) is 0 Å². The lowest BCUT2D eigenvalue weighted by Gasteiger charge is -2.46. The van der Waals surface area contributed by atoms with Gasteiger partial charge in [-0.05, 0) is 66.4 Å².